The van der Waals surface area contributed by atoms with E-state index in [1.807, 2.05) is 6.92 Å². The van der Waals surface area contributed by atoms with E-state index in [1.54, 1.807) is 12.1 Å². The third-order valence-electron chi connectivity index (χ3n) is 2.60. The van der Waals surface area contributed by atoms with Crippen molar-refractivity contribution < 1.29 is 4.39 Å². The molecule has 3 nitrogen and oxygen atoms in total. The molecule has 0 radical (unpaired) electrons. The maximum absolute atomic E-state index is 13.8. The normalized spacial score (nSPS) is 10.5. The van der Waals surface area contributed by atoms with Crippen molar-refractivity contribution >= 4 is 39.0 Å². The second-order valence-electron chi connectivity index (χ2n) is 3.96. The van der Waals surface area contributed by atoms with Gasteiger partial charge in [-0.25, -0.2) is 14.4 Å². The average molecular weight is 345 g/mol. The molecule has 0 aliphatic heterocycles. The summed E-state index contributed by atoms with van der Waals surface area (Å²) < 4.78 is 14.4. The molecule has 0 aliphatic rings. The zero-order chi connectivity index (χ0) is 13.8. The van der Waals surface area contributed by atoms with Crippen LogP contribution in [0.2, 0.25) is 5.15 Å². The van der Waals surface area contributed by atoms with E-state index in [4.69, 9.17) is 11.6 Å². The van der Waals surface area contributed by atoms with Gasteiger partial charge in [0, 0.05) is 10.0 Å². The van der Waals surface area contributed by atoms with E-state index < -0.39 is 0 Å². The highest BCUT2D eigenvalue weighted by Gasteiger charge is 2.13. The van der Waals surface area contributed by atoms with Crippen LogP contribution in [0.15, 0.2) is 29.0 Å². The molecule has 0 atom stereocenters. The van der Waals surface area contributed by atoms with Crippen molar-refractivity contribution in [1.29, 1.82) is 0 Å². The zero-order valence-corrected chi connectivity index (χ0v) is 12.6. The maximum atomic E-state index is 13.8. The maximum Gasteiger partial charge on any atom is 0.147 e. The van der Waals surface area contributed by atoms with Crippen LogP contribution in [0.4, 0.5) is 15.9 Å². The number of hydrogen-bond donors (Lipinski definition) is 1. The van der Waals surface area contributed by atoms with E-state index >= 15 is 0 Å². The molecule has 100 valence electrons. The lowest BCUT2D eigenvalue weighted by Gasteiger charge is -2.13. The number of benzene rings is 1. The first-order valence-corrected chi connectivity index (χ1v) is 7.01. The monoisotopic (exact) mass is 343 g/mol. The molecule has 2 rings (SSSR count). The lowest BCUT2D eigenvalue weighted by atomic mass is 10.2. The minimum Gasteiger partial charge on any atom is -0.337 e. The van der Waals surface area contributed by atoms with E-state index in [1.165, 1.54) is 12.4 Å². The number of hydrogen-bond acceptors (Lipinski definition) is 3. The Hall–Kier alpha value is -1.20. The average Bonchev–Trinajstić information content (AvgIpc) is 2.38. The van der Waals surface area contributed by atoms with Gasteiger partial charge in [-0.05, 0) is 34.5 Å². The fourth-order valence-electron chi connectivity index (χ4n) is 1.71. The molecule has 6 heteroatoms. The van der Waals surface area contributed by atoms with Crippen LogP contribution in [-0.2, 0) is 6.42 Å². The number of rotatable bonds is 4. The molecule has 0 saturated heterocycles. The van der Waals surface area contributed by atoms with Crippen molar-refractivity contribution in [2.45, 2.75) is 19.8 Å². The fraction of sp³-hybridized carbons (Fsp3) is 0.231. The lowest BCUT2D eigenvalue weighted by Crippen LogP contribution is -2.03. The van der Waals surface area contributed by atoms with Gasteiger partial charge in [-0.15, -0.1) is 0 Å². The number of aromatic nitrogens is 2. The summed E-state index contributed by atoms with van der Waals surface area (Å²) in [6.07, 6.45) is 2.99. The smallest absolute Gasteiger partial charge is 0.147 e. The Labute approximate surface area is 124 Å². The topological polar surface area (TPSA) is 37.8 Å². The standard InChI is InChI=1S/C13H12BrClFN3/c1-2-4-8-12(15)17-7-18-13(8)19-11-9(14)5-3-6-10(11)16/h3,5-7H,2,4H2,1H3,(H,17,18,19). The highest BCUT2D eigenvalue weighted by Crippen LogP contribution is 2.30. The van der Waals surface area contributed by atoms with Crippen molar-refractivity contribution in [3.63, 3.8) is 0 Å². The molecule has 0 unspecified atom stereocenters. The Bertz CT molecular complexity index is 572. The van der Waals surface area contributed by atoms with Gasteiger partial charge in [-0.3, -0.25) is 0 Å². The van der Waals surface area contributed by atoms with Crippen LogP contribution in [0.5, 0.6) is 0 Å². The molecule has 1 N–H and O–H groups in total. The first-order valence-electron chi connectivity index (χ1n) is 5.84. The largest absolute Gasteiger partial charge is 0.337 e. The molecule has 0 fully saturated rings. The molecule has 2 aromatic rings. The molecule has 0 saturated carbocycles. The molecule has 0 spiro atoms. The van der Waals surface area contributed by atoms with Gasteiger partial charge in [0.05, 0.1) is 5.69 Å². The highest BCUT2D eigenvalue weighted by atomic mass is 79.9. The molecule has 19 heavy (non-hydrogen) atoms. The van der Waals surface area contributed by atoms with Gasteiger partial charge in [0.1, 0.15) is 23.1 Å². The molecular weight excluding hydrogens is 333 g/mol. The number of anilines is 2. The first kappa shape index (κ1) is 14.2. The van der Waals surface area contributed by atoms with Gasteiger partial charge >= 0.3 is 0 Å². The van der Waals surface area contributed by atoms with Crippen LogP contribution in [0.1, 0.15) is 18.9 Å². The minimum absolute atomic E-state index is 0.342. The van der Waals surface area contributed by atoms with Crippen molar-refractivity contribution in [2.24, 2.45) is 0 Å². The Morgan fingerprint density at radius 2 is 2.16 bits per heavy atom. The zero-order valence-electron chi connectivity index (χ0n) is 10.3. The van der Waals surface area contributed by atoms with E-state index in [0.29, 0.717) is 21.1 Å². The molecular formula is C13H12BrClFN3. The molecule has 1 aromatic carbocycles. The third-order valence-corrected chi connectivity index (χ3v) is 3.59. The second kappa shape index (κ2) is 6.30. The molecule has 0 aliphatic carbocycles. The predicted octanol–water partition coefficient (Wildman–Crippen LogP) is 4.73. The van der Waals surface area contributed by atoms with Gasteiger partial charge in [0.15, 0.2) is 0 Å². The highest BCUT2D eigenvalue weighted by molar-refractivity contribution is 9.10. The fourth-order valence-corrected chi connectivity index (χ4v) is 2.37. The summed E-state index contributed by atoms with van der Waals surface area (Å²) in [5.74, 6) is 0.180. The quantitative estimate of drug-likeness (QED) is 0.815. The Morgan fingerprint density at radius 3 is 2.84 bits per heavy atom. The van der Waals surface area contributed by atoms with Crippen LogP contribution in [0, 0.1) is 5.82 Å². The number of para-hydroxylation sites is 1. The second-order valence-corrected chi connectivity index (χ2v) is 5.18. The van der Waals surface area contributed by atoms with Crippen molar-refractivity contribution in [1.82, 2.24) is 9.97 Å². The van der Waals surface area contributed by atoms with Gasteiger partial charge < -0.3 is 5.32 Å². The third kappa shape index (κ3) is 3.22. The van der Waals surface area contributed by atoms with E-state index in [0.717, 1.165) is 18.4 Å². The molecule has 0 amide bonds. The summed E-state index contributed by atoms with van der Waals surface area (Å²) in [6.45, 7) is 2.03. The summed E-state index contributed by atoms with van der Waals surface area (Å²) in [5, 5.41) is 3.37. The summed E-state index contributed by atoms with van der Waals surface area (Å²) in [6, 6.07) is 4.77. The molecule has 1 aromatic heterocycles. The summed E-state index contributed by atoms with van der Waals surface area (Å²) in [5.41, 5.74) is 1.14. The summed E-state index contributed by atoms with van der Waals surface area (Å²) in [4.78, 5) is 8.10. The Balaban J connectivity index is 2.41. The van der Waals surface area contributed by atoms with Gasteiger partial charge in [0.2, 0.25) is 0 Å². The van der Waals surface area contributed by atoms with Crippen LogP contribution in [0.25, 0.3) is 0 Å². The Morgan fingerprint density at radius 1 is 1.37 bits per heavy atom. The van der Waals surface area contributed by atoms with E-state index in [9.17, 15) is 4.39 Å². The molecule has 1 heterocycles. The number of nitrogens with one attached hydrogen (secondary N) is 1. The molecule has 0 bridgehead atoms. The summed E-state index contributed by atoms with van der Waals surface area (Å²) >= 11 is 9.37. The predicted molar refractivity (Wildman–Crippen MR) is 78.4 cm³/mol. The van der Waals surface area contributed by atoms with Crippen LogP contribution >= 0.6 is 27.5 Å². The van der Waals surface area contributed by atoms with Crippen LogP contribution in [0.3, 0.4) is 0 Å². The summed E-state index contributed by atoms with van der Waals surface area (Å²) in [7, 11) is 0. The van der Waals surface area contributed by atoms with Crippen molar-refractivity contribution in [2.75, 3.05) is 5.32 Å². The SMILES string of the molecule is CCCc1c(Cl)ncnc1Nc1c(F)cccc1Br. The van der Waals surface area contributed by atoms with E-state index in [2.05, 4.69) is 31.2 Å². The number of nitrogens with zero attached hydrogens (tertiary/aromatic N) is 2. The van der Waals surface area contributed by atoms with Gasteiger partial charge in [-0.1, -0.05) is 31.0 Å². The first-order chi connectivity index (χ1) is 9.13. The lowest BCUT2D eigenvalue weighted by molar-refractivity contribution is 0.631. The van der Waals surface area contributed by atoms with Gasteiger partial charge in [0.25, 0.3) is 0 Å². The minimum atomic E-state index is -0.355. The number of halogens is 3. The van der Waals surface area contributed by atoms with Crippen LogP contribution in [-0.4, -0.2) is 9.97 Å². The van der Waals surface area contributed by atoms with Crippen molar-refractivity contribution in [3.8, 4) is 0 Å². The van der Waals surface area contributed by atoms with Crippen molar-refractivity contribution in [3.05, 3.63) is 45.5 Å². The van der Waals surface area contributed by atoms with Crippen LogP contribution < -0.4 is 5.32 Å². The van der Waals surface area contributed by atoms with E-state index in [-0.39, 0.29) is 5.82 Å². The van der Waals surface area contributed by atoms with Gasteiger partial charge in [-0.2, -0.15) is 0 Å². The Kier molecular flexibility index (Phi) is 4.71.